The van der Waals surface area contributed by atoms with Gasteiger partial charge in [-0.2, -0.15) is 0 Å². The van der Waals surface area contributed by atoms with Gasteiger partial charge in [-0.25, -0.2) is 0 Å². The molecule has 0 bridgehead atoms. The van der Waals surface area contributed by atoms with Gasteiger partial charge < -0.3 is 5.11 Å². The minimum atomic E-state index is 0.381. The van der Waals surface area contributed by atoms with Gasteiger partial charge in [0.1, 0.15) is 5.75 Å². The van der Waals surface area contributed by atoms with E-state index >= 15 is 0 Å². The second kappa shape index (κ2) is 3.33. The topological polar surface area (TPSA) is 20.2 Å². The molecule has 0 amide bonds. The molecule has 2 aromatic carbocycles. The Bertz CT molecular complexity index is 458. The number of fused-ring (bicyclic) bond motifs is 1. The number of benzene rings is 2. The zero-order valence-electron chi connectivity index (χ0n) is 8.49. The molecule has 0 heterocycles. The molecular weight excluding hydrogens is 172 g/mol. The van der Waals surface area contributed by atoms with Crippen molar-refractivity contribution in [2.45, 2.75) is 19.8 Å². The van der Waals surface area contributed by atoms with Gasteiger partial charge >= 0.3 is 0 Å². The van der Waals surface area contributed by atoms with Crippen LogP contribution in [0.4, 0.5) is 0 Å². The van der Waals surface area contributed by atoms with E-state index in [0.29, 0.717) is 11.7 Å². The van der Waals surface area contributed by atoms with Crippen LogP contribution in [0.3, 0.4) is 0 Å². The fourth-order valence-electron chi connectivity index (χ4n) is 1.65. The standard InChI is InChI=1S/C13H14O/c1-9(2)11-7-10-5-3-4-6-12(10)13(14)8-11/h3-9,14H,1-2H3. The van der Waals surface area contributed by atoms with E-state index in [0.717, 1.165) is 10.8 Å². The van der Waals surface area contributed by atoms with Crippen molar-refractivity contribution in [3.63, 3.8) is 0 Å². The largest absolute Gasteiger partial charge is 0.507 e. The van der Waals surface area contributed by atoms with Crippen molar-refractivity contribution in [3.05, 3.63) is 42.0 Å². The maximum atomic E-state index is 9.80. The first-order valence-corrected chi connectivity index (χ1v) is 4.90. The first kappa shape index (κ1) is 9.07. The summed E-state index contributed by atoms with van der Waals surface area (Å²) in [6.07, 6.45) is 0. The van der Waals surface area contributed by atoms with Gasteiger partial charge in [-0.3, -0.25) is 0 Å². The highest BCUT2D eigenvalue weighted by Gasteiger charge is 2.04. The summed E-state index contributed by atoms with van der Waals surface area (Å²) in [6.45, 7) is 4.26. The monoisotopic (exact) mass is 186 g/mol. The lowest BCUT2D eigenvalue weighted by molar-refractivity contribution is 0.480. The van der Waals surface area contributed by atoms with Gasteiger partial charge in [0, 0.05) is 5.39 Å². The summed E-state index contributed by atoms with van der Waals surface area (Å²) >= 11 is 0. The minimum absolute atomic E-state index is 0.381. The van der Waals surface area contributed by atoms with Gasteiger partial charge in [0.25, 0.3) is 0 Å². The SMILES string of the molecule is CC(C)c1cc(O)c2ccccc2c1. The van der Waals surface area contributed by atoms with Crippen LogP contribution >= 0.6 is 0 Å². The number of phenolic OH excluding ortho intramolecular Hbond substituents is 1. The molecule has 0 aliphatic carbocycles. The van der Waals surface area contributed by atoms with E-state index in [1.807, 2.05) is 30.3 Å². The summed E-state index contributed by atoms with van der Waals surface area (Å²) in [6, 6.07) is 11.9. The second-order valence-electron chi connectivity index (χ2n) is 3.92. The van der Waals surface area contributed by atoms with Crippen LogP contribution in [-0.4, -0.2) is 5.11 Å². The number of aromatic hydroxyl groups is 1. The summed E-state index contributed by atoms with van der Waals surface area (Å²) < 4.78 is 0. The van der Waals surface area contributed by atoms with Crippen LogP contribution in [-0.2, 0) is 0 Å². The predicted molar refractivity (Wildman–Crippen MR) is 59.7 cm³/mol. The number of hydrogen-bond donors (Lipinski definition) is 1. The van der Waals surface area contributed by atoms with E-state index in [-0.39, 0.29) is 0 Å². The number of rotatable bonds is 1. The van der Waals surface area contributed by atoms with Crippen molar-refractivity contribution in [1.29, 1.82) is 0 Å². The second-order valence-corrected chi connectivity index (χ2v) is 3.92. The fraction of sp³-hybridized carbons (Fsp3) is 0.231. The Hall–Kier alpha value is -1.50. The molecule has 0 unspecified atom stereocenters. The average molecular weight is 186 g/mol. The molecule has 2 rings (SSSR count). The molecule has 72 valence electrons. The summed E-state index contributed by atoms with van der Waals surface area (Å²) in [7, 11) is 0. The summed E-state index contributed by atoms with van der Waals surface area (Å²) in [4.78, 5) is 0. The third-order valence-electron chi connectivity index (χ3n) is 2.53. The first-order chi connectivity index (χ1) is 6.68. The zero-order valence-corrected chi connectivity index (χ0v) is 8.49. The van der Waals surface area contributed by atoms with E-state index in [9.17, 15) is 5.11 Å². The molecular formula is C13H14O. The van der Waals surface area contributed by atoms with E-state index in [1.165, 1.54) is 5.56 Å². The van der Waals surface area contributed by atoms with Crippen LogP contribution in [0, 0.1) is 0 Å². The molecule has 0 radical (unpaired) electrons. The maximum Gasteiger partial charge on any atom is 0.123 e. The van der Waals surface area contributed by atoms with Gasteiger partial charge in [-0.05, 0) is 22.9 Å². The van der Waals surface area contributed by atoms with Crippen LogP contribution in [0.5, 0.6) is 5.75 Å². The van der Waals surface area contributed by atoms with Gasteiger partial charge in [-0.15, -0.1) is 0 Å². The smallest absolute Gasteiger partial charge is 0.123 e. The first-order valence-electron chi connectivity index (χ1n) is 4.90. The van der Waals surface area contributed by atoms with Crippen molar-refractivity contribution in [3.8, 4) is 5.75 Å². The van der Waals surface area contributed by atoms with Crippen molar-refractivity contribution < 1.29 is 5.11 Å². The van der Waals surface area contributed by atoms with Crippen LogP contribution < -0.4 is 0 Å². The molecule has 0 saturated heterocycles. The van der Waals surface area contributed by atoms with Gasteiger partial charge in [0.05, 0.1) is 0 Å². The third-order valence-corrected chi connectivity index (χ3v) is 2.53. The van der Waals surface area contributed by atoms with Crippen molar-refractivity contribution in [2.24, 2.45) is 0 Å². The third kappa shape index (κ3) is 1.46. The molecule has 14 heavy (non-hydrogen) atoms. The van der Waals surface area contributed by atoms with Crippen LogP contribution in [0.1, 0.15) is 25.3 Å². The maximum absolute atomic E-state index is 9.80. The van der Waals surface area contributed by atoms with E-state index in [2.05, 4.69) is 19.9 Å². The zero-order chi connectivity index (χ0) is 10.1. The molecule has 0 aromatic heterocycles. The minimum Gasteiger partial charge on any atom is -0.507 e. The normalized spacial score (nSPS) is 11.1. The van der Waals surface area contributed by atoms with Crippen molar-refractivity contribution >= 4 is 10.8 Å². The Morgan fingerprint density at radius 2 is 1.79 bits per heavy atom. The Kier molecular flexibility index (Phi) is 2.16. The highest BCUT2D eigenvalue weighted by Crippen LogP contribution is 2.29. The van der Waals surface area contributed by atoms with Crippen LogP contribution in [0.15, 0.2) is 36.4 Å². The molecule has 0 saturated carbocycles. The highest BCUT2D eigenvalue weighted by molar-refractivity contribution is 5.88. The molecule has 2 aromatic rings. The van der Waals surface area contributed by atoms with E-state index in [4.69, 9.17) is 0 Å². The molecule has 1 heteroatoms. The van der Waals surface area contributed by atoms with Crippen molar-refractivity contribution in [1.82, 2.24) is 0 Å². The summed E-state index contributed by atoms with van der Waals surface area (Å²) in [5.41, 5.74) is 1.18. The lowest BCUT2D eigenvalue weighted by Crippen LogP contribution is -1.87. The Balaban J connectivity index is 2.72. The molecule has 0 aliphatic heterocycles. The number of phenols is 1. The van der Waals surface area contributed by atoms with Gasteiger partial charge in [-0.1, -0.05) is 44.2 Å². The lowest BCUT2D eigenvalue weighted by Gasteiger charge is -2.08. The molecule has 1 N–H and O–H groups in total. The summed E-state index contributed by atoms with van der Waals surface area (Å²) in [5, 5.41) is 11.8. The van der Waals surface area contributed by atoms with Crippen molar-refractivity contribution in [2.75, 3.05) is 0 Å². The summed E-state index contributed by atoms with van der Waals surface area (Å²) in [5.74, 6) is 0.831. The highest BCUT2D eigenvalue weighted by atomic mass is 16.3. The Labute approximate surface area is 84.0 Å². The van der Waals surface area contributed by atoms with E-state index < -0.39 is 0 Å². The fourth-order valence-corrected chi connectivity index (χ4v) is 1.65. The van der Waals surface area contributed by atoms with Crippen LogP contribution in [0.25, 0.3) is 10.8 Å². The molecule has 0 fully saturated rings. The van der Waals surface area contributed by atoms with Gasteiger partial charge in [0.2, 0.25) is 0 Å². The molecule has 0 aliphatic rings. The van der Waals surface area contributed by atoms with E-state index in [1.54, 1.807) is 0 Å². The average Bonchev–Trinajstić information content (AvgIpc) is 2.17. The van der Waals surface area contributed by atoms with Gasteiger partial charge in [0.15, 0.2) is 0 Å². The molecule has 0 atom stereocenters. The quantitative estimate of drug-likeness (QED) is 0.720. The predicted octanol–water partition coefficient (Wildman–Crippen LogP) is 3.67. The molecule has 1 nitrogen and oxygen atoms in total. The Morgan fingerprint density at radius 3 is 2.50 bits per heavy atom. The van der Waals surface area contributed by atoms with Crippen LogP contribution in [0.2, 0.25) is 0 Å². The Morgan fingerprint density at radius 1 is 1.07 bits per heavy atom. The molecule has 0 spiro atoms. The number of hydrogen-bond acceptors (Lipinski definition) is 1. The lowest BCUT2D eigenvalue weighted by atomic mass is 9.98.